The lowest BCUT2D eigenvalue weighted by molar-refractivity contribution is 0.116. The molecule has 0 fully saturated rings. The second kappa shape index (κ2) is 28.0. The van der Waals surface area contributed by atoms with Crippen LogP contribution in [0.2, 0.25) is 0 Å². The maximum atomic E-state index is 10.3. The summed E-state index contributed by atoms with van der Waals surface area (Å²) in [6.07, 6.45) is 32.4. The summed E-state index contributed by atoms with van der Waals surface area (Å²) in [7, 11) is 0. The van der Waals surface area contributed by atoms with E-state index in [1.165, 1.54) is 134 Å². The van der Waals surface area contributed by atoms with Crippen molar-refractivity contribution in [1.82, 2.24) is 0 Å². The SMILES string of the molecule is C=C[C@@H](C)CCCCC(O)CC[C@@H](C)CCCCCCCCCCCCCCCCCCOCc1ccccc1. The minimum atomic E-state index is -0.0898. The topological polar surface area (TPSA) is 29.5 Å². The highest BCUT2D eigenvalue weighted by molar-refractivity contribution is 5.13. The van der Waals surface area contributed by atoms with Gasteiger partial charge in [0.05, 0.1) is 12.7 Å². The summed E-state index contributed by atoms with van der Waals surface area (Å²) in [5.74, 6) is 1.38. The normalized spacial score (nSPS) is 13.8. The Morgan fingerprint density at radius 2 is 1.07 bits per heavy atom. The van der Waals surface area contributed by atoms with Crippen molar-refractivity contribution in [2.24, 2.45) is 11.8 Å². The summed E-state index contributed by atoms with van der Waals surface area (Å²) in [6.45, 7) is 10.1. The summed E-state index contributed by atoms with van der Waals surface area (Å²) >= 11 is 0. The largest absolute Gasteiger partial charge is 0.393 e. The highest BCUT2D eigenvalue weighted by atomic mass is 16.5. The van der Waals surface area contributed by atoms with E-state index in [1.807, 2.05) is 6.08 Å². The van der Waals surface area contributed by atoms with Crippen LogP contribution in [0.25, 0.3) is 0 Å². The second-order valence-electron chi connectivity index (χ2n) is 12.8. The van der Waals surface area contributed by atoms with E-state index in [0.29, 0.717) is 5.92 Å². The van der Waals surface area contributed by atoms with E-state index < -0.39 is 0 Å². The van der Waals surface area contributed by atoms with Crippen LogP contribution < -0.4 is 0 Å². The molecule has 0 amide bonds. The number of hydrogen-bond acceptors (Lipinski definition) is 2. The lowest BCUT2D eigenvalue weighted by atomic mass is 9.94. The number of rotatable bonds is 30. The molecular formula is C38H68O2. The zero-order valence-corrected chi connectivity index (χ0v) is 26.9. The van der Waals surface area contributed by atoms with Crippen molar-refractivity contribution >= 4 is 0 Å². The molecule has 40 heavy (non-hydrogen) atoms. The number of aliphatic hydroxyl groups is 1. The number of benzene rings is 1. The Labute approximate surface area is 250 Å². The summed E-state index contributed by atoms with van der Waals surface area (Å²) < 4.78 is 5.78. The molecule has 0 heterocycles. The predicted octanol–water partition coefficient (Wildman–Crippen LogP) is 12.0. The van der Waals surface area contributed by atoms with Crippen molar-refractivity contribution < 1.29 is 9.84 Å². The fourth-order valence-electron chi connectivity index (χ4n) is 5.67. The van der Waals surface area contributed by atoms with Gasteiger partial charge >= 0.3 is 0 Å². The highest BCUT2D eigenvalue weighted by Crippen LogP contribution is 2.20. The smallest absolute Gasteiger partial charge is 0.0716 e. The Bertz CT molecular complexity index is 642. The van der Waals surface area contributed by atoms with Gasteiger partial charge in [0.25, 0.3) is 0 Å². The molecule has 2 heteroatoms. The molecule has 0 saturated carbocycles. The Balaban J connectivity index is 1.72. The van der Waals surface area contributed by atoms with Gasteiger partial charge in [-0.25, -0.2) is 0 Å². The molecule has 0 radical (unpaired) electrons. The minimum Gasteiger partial charge on any atom is -0.393 e. The van der Waals surface area contributed by atoms with Crippen LogP contribution in [0, 0.1) is 11.8 Å². The lowest BCUT2D eigenvalue weighted by Gasteiger charge is -2.15. The fraction of sp³-hybridized carbons (Fsp3) is 0.789. The van der Waals surface area contributed by atoms with Gasteiger partial charge in [-0.3, -0.25) is 0 Å². The molecule has 2 nitrogen and oxygen atoms in total. The van der Waals surface area contributed by atoms with Gasteiger partial charge in [0.2, 0.25) is 0 Å². The molecule has 232 valence electrons. The number of ether oxygens (including phenoxy) is 1. The summed E-state index contributed by atoms with van der Waals surface area (Å²) in [5.41, 5.74) is 1.28. The van der Waals surface area contributed by atoms with Gasteiger partial charge in [-0.2, -0.15) is 0 Å². The van der Waals surface area contributed by atoms with E-state index in [9.17, 15) is 5.11 Å². The van der Waals surface area contributed by atoms with Crippen LogP contribution in [0.15, 0.2) is 43.0 Å². The third-order valence-electron chi connectivity index (χ3n) is 8.69. The first-order chi connectivity index (χ1) is 19.6. The van der Waals surface area contributed by atoms with Gasteiger partial charge in [-0.15, -0.1) is 6.58 Å². The van der Waals surface area contributed by atoms with Crippen LogP contribution in [-0.4, -0.2) is 17.8 Å². The fourth-order valence-corrected chi connectivity index (χ4v) is 5.67. The monoisotopic (exact) mass is 557 g/mol. The Hall–Kier alpha value is -1.12. The predicted molar refractivity (Wildman–Crippen MR) is 177 cm³/mol. The molecule has 1 N–H and O–H groups in total. The van der Waals surface area contributed by atoms with Crippen molar-refractivity contribution in [2.45, 2.75) is 174 Å². The Kier molecular flexibility index (Phi) is 25.9. The zero-order chi connectivity index (χ0) is 28.9. The molecule has 0 bridgehead atoms. The molecule has 0 aliphatic rings. The molecule has 0 aromatic heterocycles. The molecule has 1 aromatic rings. The third-order valence-corrected chi connectivity index (χ3v) is 8.69. The minimum absolute atomic E-state index is 0.0898. The van der Waals surface area contributed by atoms with Crippen molar-refractivity contribution in [3.8, 4) is 0 Å². The molecule has 0 spiro atoms. The number of allylic oxidation sites excluding steroid dienone is 1. The summed E-state index contributed by atoms with van der Waals surface area (Å²) in [4.78, 5) is 0. The maximum absolute atomic E-state index is 10.3. The molecule has 0 aliphatic carbocycles. The molecule has 0 aliphatic heterocycles. The standard InChI is InChI=1S/C38H68O2/c1-4-35(2)26-23-24-30-38(39)32-31-36(3)27-20-17-15-13-11-9-7-5-6-8-10-12-14-16-18-25-33-40-34-37-28-21-19-22-29-37/h4,19,21-22,28-29,35-36,38-39H,1,5-18,20,23-27,30-34H2,2-3H3/t35-,36+,38?/m1/s1. The van der Waals surface area contributed by atoms with Gasteiger partial charge < -0.3 is 9.84 Å². The van der Waals surface area contributed by atoms with Crippen molar-refractivity contribution in [3.63, 3.8) is 0 Å². The van der Waals surface area contributed by atoms with Crippen LogP contribution in [0.4, 0.5) is 0 Å². The maximum Gasteiger partial charge on any atom is 0.0716 e. The van der Waals surface area contributed by atoms with Crippen LogP contribution in [-0.2, 0) is 11.3 Å². The van der Waals surface area contributed by atoms with Crippen LogP contribution in [0.5, 0.6) is 0 Å². The van der Waals surface area contributed by atoms with Crippen molar-refractivity contribution in [3.05, 3.63) is 48.6 Å². The lowest BCUT2D eigenvalue weighted by Crippen LogP contribution is -2.09. The van der Waals surface area contributed by atoms with E-state index in [4.69, 9.17) is 4.74 Å². The Morgan fingerprint density at radius 3 is 1.62 bits per heavy atom. The molecule has 1 rings (SSSR count). The van der Waals surface area contributed by atoms with E-state index >= 15 is 0 Å². The highest BCUT2D eigenvalue weighted by Gasteiger charge is 2.08. The van der Waals surface area contributed by atoms with E-state index in [0.717, 1.165) is 38.4 Å². The summed E-state index contributed by atoms with van der Waals surface area (Å²) in [5, 5.41) is 10.3. The first-order valence-corrected chi connectivity index (χ1v) is 17.5. The first-order valence-electron chi connectivity index (χ1n) is 17.5. The average molecular weight is 557 g/mol. The first kappa shape index (κ1) is 36.9. The average Bonchev–Trinajstić information content (AvgIpc) is 2.97. The quantitative estimate of drug-likeness (QED) is 0.0754. The van der Waals surface area contributed by atoms with Gasteiger partial charge in [0.15, 0.2) is 0 Å². The molecule has 3 atom stereocenters. The van der Waals surface area contributed by atoms with Gasteiger partial charge in [0.1, 0.15) is 0 Å². The van der Waals surface area contributed by atoms with E-state index in [-0.39, 0.29) is 6.10 Å². The van der Waals surface area contributed by atoms with Crippen LogP contribution in [0.3, 0.4) is 0 Å². The molecule has 1 unspecified atom stereocenters. The molecule has 1 aromatic carbocycles. The zero-order valence-electron chi connectivity index (χ0n) is 26.9. The second-order valence-corrected chi connectivity index (χ2v) is 12.8. The van der Waals surface area contributed by atoms with E-state index in [2.05, 4.69) is 50.8 Å². The number of unbranched alkanes of at least 4 members (excludes halogenated alkanes) is 16. The number of hydrogen-bond donors (Lipinski definition) is 1. The van der Waals surface area contributed by atoms with Crippen molar-refractivity contribution in [2.75, 3.05) is 6.61 Å². The van der Waals surface area contributed by atoms with Gasteiger partial charge in [-0.1, -0.05) is 166 Å². The Morgan fingerprint density at radius 1 is 0.600 bits per heavy atom. The third kappa shape index (κ3) is 24.7. The van der Waals surface area contributed by atoms with Crippen LogP contribution in [0.1, 0.15) is 167 Å². The molecular weight excluding hydrogens is 488 g/mol. The summed E-state index contributed by atoms with van der Waals surface area (Å²) in [6, 6.07) is 10.5. The van der Waals surface area contributed by atoms with Crippen molar-refractivity contribution in [1.29, 1.82) is 0 Å². The van der Waals surface area contributed by atoms with Crippen LogP contribution >= 0.6 is 0 Å². The number of aliphatic hydroxyl groups excluding tert-OH is 1. The van der Waals surface area contributed by atoms with Gasteiger partial charge in [0, 0.05) is 6.61 Å². The molecule has 0 saturated heterocycles. The van der Waals surface area contributed by atoms with Gasteiger partial charge in [-0.05, 0) is 49.5 Å². The van der Waals surface area contributed by atoms with E-state index in [1.54, 1.807) is 0 Å².